The summed E-state index contributed by atoms with van der Waals surface area (Å²) in [6.45, 7) is 2.69. The molecule has 0 unspecified atom stereocenters. The van der Waals surface area contributed by atoms with Crippen LogP contribution in [0, 0.1) is 0 Å². The zero-order valence-corrected chi connectivity index (χ0v) is 16.1. The average molecular weight is 402 g/mol. The van der Waals surface area contributed by atoms with E-state index in [2.05, 4.69) is 15.4 Å². The third-order valence-electron chi connectivity index (χ3n) is 4.18. The molecule has 0 spiro atoms. The molecule has 2 amide bonds. The van der Waals surface area contributed by atoms with Crippen LogP contribution in [0.1, 0.15) is 24.9 Å². The van der Waals surface area contributed by atoms with Crippen molar-refractivity contribution in [2.24, 2.45) is 0 Å². The van der Waals surface area contributed by atoms with Crippen LogP contribution in [-0.2, 0) is 19.1 Å². The van der Waals surface area contributed by atoms with E-state index in [4.69, 9.17) is 23.2 Å². The summed E-state index contributed by atoms with van der Waals surface area (Å²) in [5.41, 5.74) is 0.743. The summed E-state index contributed by atoms with van der Waals surface area (Å²) in [5, 5.41) is 6.52. The van der Waals surface area contributed by atoms with Crippen molar-refractivity contribution in [3.05, 3.63) is 33.8 Å². The predicted octanol–water partition coefficient (Wildman–Crippen LogP) is 1.53. The molecule has 142 valence electrons. The second-order valence-electron chi connectivity index (χ2n) is 6.01. The molecule has 1 heterocycles. The van der Waals surface area contributed by atoms with E-state index < -0.39 is 12.0 Å². The first-order valence-corrected chi connectivity index (χ1v) is 8.90. The van der Waals surface area contributed by atoms with Gasteiger partial charge in [0.05, 0.1) is 26.1 Å². The molecular weight excluding hydrogens is 381 g/mol. The summed E-state index contributed by atoms with van der Waals surface area (Å²) in [7, 11) is 1.26. The number of ether oxygens (including phenoxy) is 1. The summed E-state index contributed by atoms with van der Waals surface area (Å²) in [5.74, 6) is -1.06. The van der Waals surface area contributed by atoms with E-state index >= 15 is 0 Å². The lowest BCUT2D eigenvalue weighted by Gasteiger charge is -2.34. The number of benzene rings is 1. The molecule has 1 fully saturated rings. The molecule has 1 aromatic carbocycles. The number of amides is 2. The summed E-state index contributed by atoms with van der Waals surface area (Å²) in [6.07, 6.45) is -0.103. The molecule has 0 radical (unpaired) electrons. The molecule has 9 heteroatoms. The molecule has 2 rings (SSSR count). The molecule has 2 atom stereocenters. The average Bonchev–Trinajstić information content (AvgIpc) is 2.57. The second kappa shape index (κ2) is 9.21. The van der Waals surface area contributed by atoms with Crippen LogP contribution in [0.4, 0.5) is 0 Å². The normalized spacial score (nSPS) is 18.8. The first-order chi connectivity index (χ1) is 12.3. The number of carbonyl (C=O) groups excluding carboxylic acids is 3. The van der Waals surface area contributed by atoms with Gasteiger partial charge in [0.15, 0.2) is 0 Å². The molecule has 1 aliphatic heterocycles. The molecular formula is C17H21Cl2N3O4. The fraction of sp³-hybridized carbons (Fsp3) is 0.471. The molecule has 0 aliphatic carbocycles. The fourth-order valence-corrected chi connectivity index (χ4v) is 3.39. The first-order valence-electron chi connectivity index (χ1n) is 8.14. The van der Waals surface area contributed by atoms with E-state index in [9.17, 15) is 14.4 Å². The number of piperazine rings is 1. The van der Waals surface area contributed by atoms with Gasteiger partial charge < -0.3 is 15.4 Å². The van der Waals surface area contributed by atoms with E-state index in [1.54, 1.807) is 23.1 Å². The molecule has 1 aromatic rings. The predicted molar refractivity (Wildman–Crippen MR) is 98.0 cm³/mol. The maximum Gasteiger partial charge on any atom is 0.307 e. The smallest absolute Gasteiger partial charge is 0.307 e. The summed E-state index contributed by atoms with van der Waals surface area (Å²) >= 11 is 12.1. The number of methoxy groups -OCH3 is 1. The van der Waals surface area contributed by atoms with Crippen LogP contribution in [0.3, 0.4) is 0 Å². The number of halogens is 2. The van der Waals surface area contributed by atoms with Crippen LogP contribution in [-0.4, -0.2) is 55.5 Å². The number of hydrogen-bond acceptors (Lipinski definition) is 5. The van der Waals surface area contributed by atoms with Crippen LogP contribution in [0.15, 0.2) is 18.2 Å². The van der Waals surface area contributed by atoms with Crippen molar-refractivity contribution in [3.8, 4) is 0 Å². The van der Waals surface area contributed by atoms with Crippen molar-refractivity contribution >= 4 is 41.0 Å². The Kier molecular flexibility index (Phi) is 7.25. The Hall–Kier alpha value is -1.83. The van der Waals surface area contributed by atoms with Gasteiger partial charge in [-0.1, -0.05) is 29.3 Å². The van der Waals surface area contributed by atoms with Gasteiger partial charge >= 0.3 is 5.97 Å². The minimum atomic E-state index is -0.726. The van der Waals surface area contributed by atoms with E-state index in [0.717, 1.165) is 5.56 Å². The van der Waals surface area contributed by atoms with Crippen molar-refractivity contribution in [2.45, 2.75) is 25.4 Å². The first kappa shape index (κ1) is 20.5. The standard InChI is InChI=1S/C17H21Cl2N3O4/c1-10(12-4-3-11(18)7-13(12)19)21-15(23)9-22-6-5-20-17(25)14(22)8-16(24)26-2/h3-4,7,10,14H,5-6,8-9H2,1-2H3,(H,20,25)(H,21,23)/t10-,14+/m1/s1. The van der Waals surface area contributed by atoms with Gasteiger partial charge in [0, 0.05) is 23.1 Å². The number of carbonyl (C=O) groups is 3. The molecule has 0 aromatic heterocycles. The molecule has 1 aliphatic rings. The highest BCUT2D eigenvalue weighted by molar-refractivity contribution is 6.35. The number of rotatable bonds is 6. The zero-order valence-electron chi connectivity index (χ0n) is 14.6. The third kappa shape index (κ3) is 5.33. The quantitative estimate of drug-likeness (QED) is 0.705. The molecule has 0 bridgehead atoms. The van der Waals surface area contributed by atoms with E-state index in [0.29, 0.717) is 23.1 Å². The third-order valence-corrected chi connectivity index (χ3v) is 4.74. The topological polar surface area (TPSA) is 87.7 Å². The maximum absolute atomic E-state index is 12.4. The summed E-state index contributed by atoms with van der Waals surface area (Å²) in [6, 6.07) is 4.01. The van der Waals surface area contributed by atoms with Crippen molar-refractivity contribution in [1.82, 2.24) is 15.5 Å². The molecule has 0 saturated carbocycles. The largest absolute Gasteiger partial charge is 0.469 e. The Bertz CT molecular complexity index is 699. The van der Waals surface area contributed by atoms with Gasteiger partial charge in [-0.25, -0.2) is 0 Å². The summed E-state index contributed by atoms with van der Waals surface area (Å²) < 4.78 is 4.63. The highest BCUT2D eigenvalue weighted by Gasteiger charge is 2.33. The van der Waals surface area contributed by atoms with Crippen LogP contribution in [0.25, 0.3) is 0 Å². The van der Waals surface area contributed by atoms with E-state index in [1.165, 1.54) is 7.11 Å². The van der Waals surface area contributed by atoms with Gasteiger partial charge in [-0.15, -0.1) is 0 Å². The van der Waals surface area contributed by atoms with Crippen molar-refractivity contribution in [3.63, 3.8) is 0 Å². The minimum Gasteiger partial charge on any atom is -0.469 e. The maximum atomic E-state index is 12.4. The molecule has 26 heavy (non-hydrogen) atoms. The number of nitrogens with one attached hydrogen (secondary N) is 2. The Labute approximate surface area is 162 Å². The zero-order chi connectivity index (χ0) is 19.3. The Balaban J connectivity index is 2.00. The fourth-order valence-electron chi connectivity index (χ4n) is 2.82. The molecule has 7 nitrogen and oxygen atoms in total. The number of hydrogen-bond donors (Lipinski definition) is 2. The number of nitrogens with zero attached hydrogens (tertiary/aromatic N) is 1. The monoisotopic (exact) mass is 401 g/mol. The lowest BCUT2D eigenvalue weighted by molar-refractivity contribution is -0.146. The Morgan fingerprint density at radius 3 is 2.81 bits per heavy atom. The Morgan fingerprint density at radius 2 is 2.15 bits per heavy atom. The van der Waals surface area contributed by atoms with Gasteiger partial charge in [0.2, 0.25) is 11.8 Å². The Morgan fingerprint density at radius 1 is 1.42 bits per heavy atom. The lowest BCUT2D eigenvalue weighted by atomic mass is 10.1. The van der Waals surface area contributed by atoms with Crippen LogP contribution >= 0.6 is 23.2 Å². The highest BCUT2D eigenvalue weighted by Crippen LogP contribution is 2.26. The molecule has 1 saturated heterocycles. The molecule has 2 N–H and O–H groups in total. The van der Waals surface area contributed by atoms with Crippen LogP contribution < -0.4 is 10.6 Å². The highest BCUT2D eigenvalue weighted by atomic mass is 35.5. The van der Waals surface area contributed by atoms with Crippen molar-refractivity contribution < 1.29 is 19.1 Å². The van der Waals surface area contributed by atoms with Gasteiger partial charge in [-0.05, 0) is 24.6 Å². The second-order valence-corrected chi connectivity index (χ2v) is 6.86. The van der Waals surface area contributed by atoms with Crippen LogP contribution in [0.5, 0.6) is 0 Å². The van der Waals surface area contributed by atoms with Crippen LogP contribution in [0.2, 0.25) is 10.0 Å². The van der Waals surface area contributed by atoms with Crippen molar-refractivity contribution in [1.29, 1.82) is 0 Å². The number of esters is 1. The van der Waals surface area contributed by atoms with Gasteiger partial charge in [0.1, 0.15) is 6.04 Å². The van der Waals surface area contributed by atoms with Gasteiger partial charge in [-0.2, -0.15) is 0 Å². The van der Waals surface area contributed by atoms with Gasteiger partial charge in [-0.3, -0.25) is 19.3 Å². The van der Waals surface area contributed by atoms with E-state index in [-0.39, 0.29) is 30.8 Å². The van der Waals surface area contributed by atoms with Crippen molar-refractivity contribution in [2.75, 3.05) is 26.7 Å². The van der Waals surface area contributed by atoms with E-state index in [1.807, 2.05) is 6.92 Å². The minimum absolute atomic E-state index is 0.00930. The summed E-state index contributed by atoms with van der Waals surface area (Å²) in [4.78, 5) is 37.6. The SMILES string of the molecule is COC(=O)C[C@H]1C(=O)NCCN1CC(=O)N[C@H](C)c1ccc(Cl)cc1Cl. The van der Waals surface area contributed by atoms with Gasteiger partial charge in [0.25, 0.3) is 0 Å². The lowest BCUT2D eigenvalue weighted by Crippen LogP contribution is -2.58.